The molecular weight excluding hydrogens is 232 g/mol. The summed E-state index contributed by atoms with van der Waals surface area (Å²) in [6.45, 7) is 2.39. The van der Waals surface area contributed by atoms with Crippen LogP contribution in [0.5, 0.6) is 0 Å². The van der Waals surface area contributed by atoms with Crippen LogP contribution in [0.25, 0.3) is 0 Å². The first-order valence-corrected chi connectivity index (χ1v) is 6.84. The van der Waals surface area contributed by atoms with Crippen molar-refractivity contribution in [1.82, 2.24) is 5.32 Å². The molecule has 0 spiro atoms. The number of halogens is 2. The van der Waals surface area contributed by atoms with Crippen LogP contribution in [0.15, 0.2) is 18.2 Å². The first kappa shape index (κ1) is 13.5. The van der Waals surface area contributed by atoms with Crippen LogP contribution < -0.4 is 5.32 Å². The Bertz CT molecular complexity index is 366. The highest BCUT2D eigenvalue weighted by Crippen LogP contribution is 2.26. The molecule has 1 fully saturated rings. The molecule has 1 aliphatic carbocycles. The maximum absolute atomic E-state index is 13.5. The predicted molar refractivity (Wildman–Crippen MR) is 69.2 cm³/mol. The smallest absolute Gasteiger partial charge is 0.130 e. The largest absolute Gasteiger partial charge is 0.310 e. The molecule has 100 valence electrons. The zero-order chi connectivity index (χ0) is 13.0. The summed E-state index contributed by atoms with van der Waals surface area (Å²) in [7, 11) is 0. The lowest BCUT2D eigenvalue weighted by molar-refractivity contribution is 0.279. The highest BCUT2D eigenvalue weighted by atomic mass is 19.1. The highest BCUT2D eigenvalue weighted by molar-refractivity contribution is 5.19. The summed E-state index contributed by atoms with van der Waals surface area (Å²) in [5, 5.41) is 3.27. The summed E-state index contributed by atoms with van der Waals surface area (Å²) in [5.41, 5.74) is 0.153. The number of hydrogen-bond acceptors (Lipinski definition) is 1. The molecule has 1 atom stereocenters. The van der Waals surface area contributed by atoms with Gasteiger partial charge in [-0.05, 0) is 37.8 Å². The molecule has 1 aliphatic rings. The molecule has 1 N–H and O–H groups in total. The molecule has 0 bridgehead atoms. The second-order valence-electron chi connectivity index (χ2n) is 5.27. The molecule has 1 aromatic rings. The Hall–Kier alpha value is -0.960. The van der Waals surface area contributed by atoms with Crippen LogP contribution in [0.2, 0.25) is 0 Å². The maximum atomic E-state index is 13.5. The van der Waals surface area contributed by atoms with Crippen molar-refractivity contribution in [3.63, 3.8) is 0 Å². The fraction of sp³-hybridized carbons (Fsp3) is 0.600. The minimum atomic E-state index is -0.460. The number of hydrogen-bond donors (Lipinski definition) is 1. The average Bonchev–Trinajstić information content (AvgIpc) is 2.39. The first-order valence-electron chi connectivity index (χ1n) is 6.84. The quantitative estimate of drug-likeness (QED) is 0.854. The monoisotopic (exact) mass is 253 g/mol. The molecule has 2 rings (SSSR count). The normalized spacial score (nSPS) is 18.8. The molecule has 18 heavy (non-hydrogen) atoms. The summed E-state index contributed by atoms with van der Waals surface area (Å²) in [4.78, 5) is 0. The van der Waals surface area contributed by atoms with Crippen molar-refractivity contribution in [2.24, 2.45) is 5.92 Å². The maximum Gasteiger partial charge on any atom is 0.130 e. The first-order chi connectivity index (χ1) is 8.68. The molecule has 1 saturated carbocycles. The third-order valence-electron chi connectivity index (χ3n) is 4.02. The minimum Gasteiger partial charge on any atom is -0.310 e. The van der Waals surface area contributed by atoms with E-state index in [2.05, 4.69) is 12.2 Å². The molecule has 3 heteroatoms. The van der Waals surface area contributed by atoms with Crippen molar-refractivity contribution < 1.29 is 8.78 Å². The Morgan fingerprint density at radius 1 is 1.17 bits per heavy atom. The molecule has 0 amide bonds. The third kappa shape index (κ3) is 3.29. The Morgan fingerprint density at radius 2 is 1.78 bits per heavy atom. The van der Waals surface area contributed by atoms with Gasteiger partial charge in [-0.3, -0.25) is 0 Å². The summed E-state index contributed by atoms with van der Waals surface area (Å²) < 4.78 is 26.9. The Balaban J connectivity index is 1.90. The van der Waals surface area contributed by atoms with E-state index < -0.39 is 11.6 Å². The van der Waals surface area contributed by atoms with Gasteiger partial charge >= 0.3 is 0 Å². The topological polar surface area (TPSA) is 12.0 Å². The van der Waals surface area contributed by atoms with E-state index >= 15 is 0 Å². The van der Waals surface area contributed by atoms with E-state index in [-0.39, 0.29) is 12.1 Å². The van der Waals surface area contributed by atoms with Gasteiger partial charge in [-0.15, -0.1) is 0 Å². The second kappa shape index (κ2) is 6.28. The summed E-state index contributed by atoms with van der Waals surface area (Å²) in [6, 6.07) is 4.35. The van der Waals surface area contributed by atoms with Crippen LogP contribution in [-0.2, 0) is 6.54 Å². The van der Waals surface area contributed by atoms with Crippen LogP contribution in [0, 0.1) is 17.6 Å². The van der Waals surface area contributed by atoms with Crippen LogP contribution in [0.1, 0.15) is 44.6 Å². The SMILES string of the molecule is CC(NCc1c(F)cccc1F)C1CCCCC1. The van der Waals surface area contributed by atoms with Gasteiger partial charge in [0, 0.05) is 18.2 Å². The summed E-state index contributed by atoms with van der Waals surface area (Å²) >= 11 is 0. The van der Waals surface area contributed by atoms with Gasteiger partial charge in [0.15, 0.2) is 0 Å². The molecular formula is C15H21F2N. The van der Waals surface area contributed by atoms with E-state index in [1.54, 1.807) is 0 Å². The second-order valence-corrected chi connectivity index (χ2v) is 5.27. The van der Waals surface area contributed by atoms with Crippen molar-refractivity contribution in [2.45, 2.75) is 51.6 Å². The number of nitrogens with one attached hydrogen (secondary N) is 1. The van der Waals surface area contributed by atoms with Gasteiger partial charge in [0.2, 0.25) is 0 Å². The van der Waals surface area contributed by atoms with Gasteiger partial charge < -0.3 is 5.32 Å². The fourth-order valence-corrected chi connectivity index (χ4v) is 2.77. The van der Waals surface area contributed by atoms with Gasteiger partial charge in [0.05, 0.1) is 0 Å². The van der Waals surface area contributed by atoms with E-state index in [1.165, 1.54) is 50.3 Å². The molecule has 1 nitrogen and oxygen atoms in total. The minimum absolute atomic E-state index is 0.153. The van der Waals surface area contributed by atoms with Crippen molar-refractivity contribution in [3.05, 3.63) is 35.4 Å². The number of benzene rings is 1. The van der Waals surface area contributed by atoms with Gasteiger partial charge in [-0.25, -0.2) is 8.78 Å². The van der Waals surface area contributed by atoms with Crippen molar-refractivity contribution >= 4 is 0 Å². The van der Waals surface area contributed by atoms with E-state index in [9.17, 15) is 8.78 Å². The van der Waals surface area contributed by atoms with Crippen LogP contribution in [0.3, 0.4) is 0 Å². The van der Waals surface area contributed by atoms with E-state index in [1.807, 2.05) is 0 Å². The van der Waals surface area contributed by atoms with Gasteiger partial charge in [0.1, 0.15) is 11.6 Å². The van der Waals surface area contributed by atoms with Gasteiger partial charge in [-0.1, -0.05) is 25.3 Å². The molecule has 0 heterocycles. The van der Waals surface area contributed by atoms with E-state index in [4.69, 9.17) is 0 Å². The Kier molecular flexibility index (Phi) is 4.70. The Morgan fingerprint density at radius 3 is 2.39 bits per heavy atom. The van der Waals surface area contributed by atoms with Crippen molar-refractivity contribution in [2.75, 3.05) is 0 Å². The zero-order valence-electron chi connectivity index (χ0n) is 10.9. The molecule has 0 radical (unpaired) electrons. The molecule has 0 aliphatic heterocycles. The third-order valence-corrected chi connectivity index (χ3v) is 4.02. The fourth-order valence-electron chi connectivity index (χ4n) is 2.77. The van der Waals surface area contributed by atoms with Crippen LogP contribution in [0.4, 0.5) is 8.78 Å². The molecule has 0 aromatic heterocycles. The van der Waals surface area contributed by atoms with Crippen molar-refractivity contribution in [3.8, 4) is 0 Å². The predicted octanol–water partition coefficient (Wildman–Crippen LogP) is 4.02. The van der Waals surface area contributed by atoms with Gasteiger partial charge in [0.25, 0.3) is 0 Å². The lowest BCUT2D eigenvalue weighted by atomic mass is 9.84. The zero-order valence-corrected chi connectivity index (χ0v) is 10.9. The van der Waals surface area contributed by atoms with Gasteiger partial charge in [-0.2, -0.15) is 0 Å². The standard InChI is InChI=1S/C15H21F2N/c1-11(12-6-3-2-4-7-12)18-10-13-14(16)8-5-9-15(13)17/h5,8-9,11-12,18H,2-4,6-7,10H2,1H3. The Labute approximate surface area is 108 Å². The number of rotatable bonds is 4. The average molecular weight is 253 g/mol. The molecule has 1 unspecified atom stereocenters. The van der Waals surface area contributed by atoms with Crippen molar-refractivity contribution in [1.29, 1.82) is 0 Å². The molecule has 1 aromatic carbocycles. The summed E-state index contributed by atoms with van der Waals surface area (Å²) in [6.07, 6.45) is 6.35. The summed E-state index contributed by atoms with van der Waals surface area (Å²) in [5.74, 6) is -0.273. The lowest BCUT2D eigenvalue weighted by Gasteiger charge is -2.28. The molecule has 0 saturated heterocycles. The van der Waals surface area contributed by atoms with Crippen LogP contribution >= 0.6 is 0 Å². The van der Waals surface area contributed by atoms with E-state index in [0.29, 0.717) is 12.0 Å². The van der Waals surface area contributed by atoms with Crippen LogP contribution in [-0.4, -0.2) is 6.04 Å². The lowest BCUT2D eigenvalue weighted by Crippen LogP contribution is -2.34. The van der Waals surface area contributed by atoms with E-state index in [0.717, 1.165) is 0 Å². The highest BCUT2D eigenvalue weighted by Gasteiger charge is 2.20.